The molecule has 5 heteroatoms. The topological polar surface area (TPSA) is 66.0 Å². The molecule has 1 saturated heterocycles. The molecule has 0 radical (unpaired) electrons. The van der Waals surface area contributed by atoms with E-state index < -0.39 is 0 Å². The molecule has 2 aliphatic rings. The van der Waals surface area contributed by atoms with Crippen molar-refractivity contribution in [1.82, 2.24) is 14.8 Å². The molecule has 1 aliphatic carbocycles. The molecule has 2 fully saturated rings. The Kier molecular flexibility index (Phi) is 2.65. The number of hydrogen-bond acceptors (Lipinski definition) is 4. The minimum Gasteiger partial charge on any atom is -0.370 e. The molecule has 1 atom stereocenters. The van der Waals surface area contributed by atoms with Gasteiger partial charge in [-0.3, -0.25) is 0 Å². The molecular formula is C11H18N4O. The van der Waals surface area contributed by atoms with Crippen LogP contribution in [0.25, 0.3) is 0 Å². The van der Waals surface area contributed by atoms with Crippen LogP contribution in [-0.2, 0) is 11.3 Å². The summed E-state index contributed by atoms with van der Waals surface area (Å²) in [4.78, 5) is 0. The summed E-state index contributed by atoms with van der Waals surface area (Å²) in [6.07, 6.45) is 6.05. The van der Waals surface area contributed by atoms with Gasteiger partial charge in [0.05, 0.1) is 6.54 Å². The first-order chi connectivity index (χ1) is 7.90. The Morgan fingerprint density at radius 2 is 2.12 bits per heavy atom. The van der Waals surface area contributed by atoms with Gasteiger partial charge in [0, 0.05) is 12.6 Å². The molecule has 0 amide bonds. The molecule has 0 aromatic carbocycles. The summed E-state index contributed by atoms with van der Waals surface area (Å²) in [6.45, 7) is 1.32. The molecule has 1 unspecified atom stereocenters. The summed E-state index contributed by atoms with van der Waals surface area (Å²) in [5.74, 6) is 1.91. The molecule has 2 heterocycles. The van der Waals surface area contributed by atoms with Crippen molar-refractivity contribution in [2.75, 3.05) is 6.61 Å². The predicted octanol–water partition coefficient (Wildman–Crippen LogP) is 1.31. The highest BCUT2D eigenvalue weighted by atomic mass is 16.5. The first-order valence-electron chi connectivity index (χ1n) is 6.15. The van der Waals surface area contributed by atoms with Crippen LogP contribution >= 0.6 is 0 Å². The van der Waals surface area contributed by atoms with E-state index in [-0.39, 0.29) is 6.10 Å². The molecule has 1 aromatic rings. The standard InChI is InChI=1S/C11H18N4O/c12-7-10-13-14-11(15(10)8-4-5-8)9-3-1-2-6-16-9/h8-9H,1-7,12H2. The largest absolute Gasteiger partial charge is 0.370 e. The van der Waals surface area contributed by atoms with Crippen LogP contribution in [0.1, 0.15) is 55.9 Å². The molecule has 0 bridgehead atoms. The molecule has 1 aromatic heterocycles. The maximum atomic E-state index is 5.78. The first-order valence-corrected chi connectivity index (χ1v) is 6.15. The van der Waals surface area contributed by atoms with Gasteiger partial charge in [-0.1, -0.05) is 0 Å². The van der Waals surface area contributed by atoms with E-state index >= 15 is 0 Å². The fraction of sp³-hybridized carbons (Fsp3) is 0.818. The van der Waals surface area contributed by atoms with Crippen molar-refractivity contribution in [3.05, 3.63) is 11.6 Å². The minimum absolute atomic E-state index is 0.141. The summed E-state index contributed by atoms with van der Waals surface area (Å²) in [6, 6.07) is 0.578. The summed E-state index contributed by atoms with van der Waals surface area (Å²) in [5.41, 5.74) is 5.69. The van der Waals surface area contributed by atoms with Crippen molar-refractivity contribution < 1.29 is 4.74 Å². The summed E-state index contributed by atoms with van der Waals surface area (Å²) in [7, 11) is 0. The highest BCUT2D eigenvalue weighted by Gasteiger charge is 2.32. The SMILES string of the molecule is NCc1nnc(C2CCCCO2)n1C1CC1. The third-order valence-electron chi connectivity index (χ3n) is 3.36. The molecule has 3 rings (SSSR count). The number of aromatic nitrogens is 3. The van der Waals surface area contributed by atoms with E-state index in [9.17, 15) is 0 Å². The van der Waals surface area contributed by atoms with E-state index in [4.69, 9.17) is 10.5 Å². The second-order valence-corrected chi connectivity index (χ2v) is 4.63. The molecule has 5 nitrogen and oxygen atoms in total. The Morgan fingerprint density at radius 1 is 1.25 bits per heavy atom. The van der Waals surface area contributed by atoms with Crippen molar-refractivity contribution in [2.24, 2.45) is 5.73 Å². The van der Waals surface area contributed by atoms with Crippen LogP contribution in [0, 0.1) is 0 Å². The van der Waals surface area contributed by atoms with Crippen molar-refractivity contribution in [3.8, 4) is 0 Å². The van der Waals surface area contributed by atoms with E-state index in [2.05, 4.69) is 14.8 Å². The van der Waals surface area contributed by atoms with Gasteiger partial charge in [-0.2, -0.15) is 0 Å². The van der Waals surface area contributed by atoms with Crippen molar-refractivity contribution in [3.63, 3.8) is 0 Å². The smallest absolute Gasteiger partial charge is 0.162 e. The Bertz CT molecular complexity index is 366. The molecule has 1 saturated carbocycles. The first kappa shape index (κ1) is 10.2. The zero-order valence-electron chi connectivity index (χ0n) is 9.43. The molecule has 16 heavy (non-hydrogen) atoms. The molecule has 2 N–H and O–H groups in total. The Labute approximate surface area is 95.0 Å². The normalized spacial score (nSPS) is 25.9. The zero-order chi connectivity index (χ0) is 11.0. The zero-order valence-corrected chi connectivity index (χ0v) is 9.43. The number of rotatable bonds is 3. The monoisotopic (exact) mass is 222 g/mol. The van der Waals surface area contributed by atoms with Gasteiger partial charge in [-0.15, -0.1) is 10.2 Å². The third-order valence-corrected chi connectivity index (χ3v) is 3.36. The van der Waals surface area contributed by atoms with E-state index in [1.54, 1.807) is 0 Å². The lowest BCUT2D eigenvalue weighted by Gasteiger charge is -2.22. The maximum absolute atomic E-state index is 5.78. The van der Waals surface area contributed by atoms with Gasteiger partial charge in [-0.25, -0.2) is 0 Å². The fourth-order valence-electron chi connectivity index (χ4n) is 2.37. The highest BCUT2D eigenvalue weighted by Crippen LogP contribution is 2.39. The van der Waals surface area contributed by atoms with Gasteiger partial charge in [0.25, 0.3) is 0 Å². The van der Waals surface area contributed by atoms with Gasteiger partial charge in [0.15, 0.2) is 5.82 Å². The van der Waals surface area contributed by atoms with Gasteiger partial charge >= 0.3 is 0 Å². The van der Waals surface area contributed by atoms with Crippen LogP contribution in [0.5, 0.6) is 0 Å². The van der Waals surface area contributed by atoms with E-state index in [0.29, 0.717) is 12.6 Å². The van der Waals surface area contributed by atoms with Gasteiger partial charge in [0.1, 0.15) is 11.9 Å². The number of nitrogens with two attached hydrogens (primary N) is 1. The Balaban J connectivity index is 1.89. The molecular weight excluding hydrogens is 204 g/mol. The number of hydrogen-bond donors (Lipinski definition) is 1. The van der Waals surface area contributed by atoms with Crippen molar-refractivity contribution >= 4 is 0 Å². The van der Waals surface area contributed by atoms with E-state index in [1.165, 1.54) is 19.3 Å². The lowest BCUT2D eigenvalue weighted by Crippen LogP contribution is -2.18. The van der Waals surface area contributed by atoms with Gasteiger partial charge in [-0.05, 0) is 32.1 Å². The second-order valence-electron chi connectivity index (χ2n) is 4.63. The lowest BCUT2D eigenvalue weighted by molar-refractivity contribution is 0.00699. The Morgan fingerprint density at radius 3 is 2.75 bits per heavy atom. The summed E-state index contributed by atoms with van der Waals surface area (Å²) < 4.78 is 7.99. The quantitative estimate of drug-likeness (QED) is 0.837. The summed E-state index contributed by atoms with van der Waals surface area (Å²) >= 11 is 0. The molecule has 88 valence electrons. The van der Waals surface area contributed by atoms with E-state index in [1.807, 2.05) is 0 Å². The second kappa shape index (κ2) is 4.14. The maximum Gasteiger partial charge on any atom is 0.162 e. The molecule has 1 aliphatic heterocycles. The minimum atomic E-state index is 0.141. The molecule has 0 spiro atoms. The van der Waals surface area contributed by atoms with Crippen LogP contribution < -0.4 is 5.73 Å². The van der Waals surface area contributed by atoms with Crippen molar-refractivity contribution in [1.29, 1.82) is 0 Å². The third kappa shape index (κ3) is 1.74. The van der Waals surface area contributed by atoms with Gasteiger partial charge < -0.3 is 15.0 Å². The average molecular weight is 222 g/mol. The highest BCUT2D eigenvalue weighted by molar-refractivity contribution is 5.05. The Hall–Kier alpha value is -0.940. The summed E-state index contributed by atoms with van der Waals surface area (Å²) in [5, 5.41) is 8.46. The lowest BCUT2D eigenvalue weighted by atomic mass is 10.1. The fourth-order valence-corrected chi connectivity index (χ4v) is 2.37. The predicted molar refractivity (Wildman–Crippen MR) is 58.7 cm³/mol. The van der Waals surface area contributed by atoms with Crippen LogP contribution in [0.15, 0.2) is 0 Å². The average Bonchev–Trinajstić information content (AvgIpc) is 3.09. The van der Waals surface area contributed by atoms with Crippen LogP contribution in [0.2, 0.25) is 0 Å². The number of ether oxygens (including phenoxy) is 1. The number of nitrogens with zero attached hydrogens (tertiary/aromatic N) is 3. The van der Waals surface area contributed by atoms with Crippen LogP contribution in [0.4, 0.5) is 0 Å². The van der Waals surface area contributed by atoms with Crippen LogP contribution in [0.3, 0.4) is 0 Å². The van der Waals surface area contributed by atoms with Crippen molar-refractivity contribution in [2.45, 2.75) is 50.8 Å². The van der Waals surface area contributed by atoms with E-state index in [0.717, 1.165) is 31.1 Å². The van der Waals surface area contributed by atoms with Crippen LogP contribution in [-0.4, -0.2) is 21.4 Å². The van der Waals surface area contributed by atoms with Gasteiger partial charge in [0.2, 0.25) is 0 Å².